The van der Waals surface area contributed by atoms with Crippen LogP contribution in [-0.4, -0.2) is 15.6 Å². The van der Waals surface area contributed by atoms with Crippen molar-refractivity contribution in [3.05, 3.63) is 57.1 Å². The number of benzene rings is 1. The summed E-state index contributed by atoms with van der Waals surface area (Å²) in [6, 6.07) is 4.60. The summed E-state index contributed by atoms with van der Waals surface area (Å²) in [5.74, 6) is -0.430. The van der Waals surface area contributed by atoms with Crippen molar-refractivity contribution >= 4 is 27.8 Å². The Bertz CT molecular complexity index is 704. The average molecular weight is 337 g/mol. The van der Waals surface area contributed by atoms with Crippen LogP contribution in [0.1, 0.15) is 27.3 Å². The first-order valence-corrected chi connectivity index (χ1v) is 6.87. The first-order chi connectivity index (χ1) is 9.40. The lowest BCUT2D eigenvalue weighted by atomic mass is 10.1. The number of nitrogens with zero attached hydrogens (tertiary/aromatic N) is 2. The van der Waals surface area contributed by atoms with Gasteiger partial charge in [-0.25, -0.2) is 4.39 Å². The fraction of sp³-hybridized carbons (Fsp3) is 0.200. The van der Waals surface area contributed by atoms with Gasteiger partial charge in [0.15, 0.2) is 5.78 Å². The summed E-state index contributed by atoms with van der Waals surface area (Å²) >= 11 is 3.12. The minimum absolute atomic E-state index is 0.103. The van der Waals surface area contributed by atoms with Crippen LogP contribution in [0, 0.1) is 19.7 Å². The van der Waals surface area contributed by atoms with Gasteiger partial charge in [-0.1, -0.05) is 12.1 Å². The molecule has 0 fully saturated rings. The Labute approximate surface area is 125 Å². The fourth-order valence-corrected chi connectivity index (χ4v) is 2.40. The molecule has 1 aromatic heterocycles. The highest BCUT2D eigenvalue weighted by Crippen LogP contribution is 2.18. The number of halogens is 2. The number of aromatic nitrogens is 2. The van der Waals surface area contributed by atoms with E-state index in [4.69, 9.17) is 0 Å². The van der Waals surface area contributed by atoms with Crippen LogP contribution < -0.4 is 0 Å². The van der Waals surface area contributed by atoms with Crippen LogP contribution >= 0.6 is 15.9 Å². The monoisotopic (exact) mass is 336 g/mol. The molecule has 0 aliphatic carbocycles. The molecule has 0 saturated carbocycles. The van der Waals surface area contributed by atoms with E-state index in [1.54, 1.807) is 29.9 Å². The van der Waals surface area contributed by atoms with E-state index in [1.165, 1.54) is 12.1 Å². The smallest absolute Gasteiger partial charge is 0.189 e. The Balaban J connectivity index is 2.27. The molecule has 0 bridgehead atoms. The summed E-state index contributed by atoms with van der Waals surface area (Å²) in [6.07, 6.45) is 3.15. The van der Waals surface area contributed by atoms with Crippen LogP contribution in [0.15, 0.2) is 28.7 Å². The quantitative estimate of drug-likeness (QED) is 0.630. The van der Waals surface area contributed by atoms with Crippen LogP contribution in [0.25, 0.3) is 6.08 Å². The van der Waals surface area contributed by atoms with E-state index < -0.39 is 0 Å². The van der Waals surface area contributed by atoms with Gasteiger partial charge in [-0.05, 0) is 53.5 Å². The predicted molar refractivity (Wildman–Crippen MR) is 80.1 cm³/mol. The second kappa shape index (κ2) is 5.71. The lowest BCUT2D eigenvalue weighted by Crippen LogP contribution is -1.99. The molecule has 1 heterocycles. The maximum atomic E-state index is 13.1. The van der Waals surface area contributed by atoms with Crippen LogP contribution in [0.3, 0.4) is 0 Å². The third-order valence-corrected chi connectivity index (χ3v) is 3.73. The summed E-state index contributed by atoms with van der Waals surface area (Å²) in [5.41, 5.74) is 2.91. The van der Waals surface area contributed by atoms with Crippen LogP contribution in [0.2, 0.25) is 0 Å². The van der Waals surface area contributed by atoms with E-state index in [-0.39, 0.29) is 11.6 Å². The van der Waals surface area contributed by atoms with Crippen molar-refractivity contribution in [2.75, 3.05) is 0 Å². The Morgan fingerprint density at radius 2 is 2.10 bits per heavy atom. The fourth-order valence-electron chi connectivity index (χ4n) is 2.00. The molecular weight excluding hydrogens is 323 g/mol. The molecule has 0 aliphatic rings. The van der Waals surface area contributed by atoms with Crippen LogP contribution in [0.5, 0.6) is 0 Å². The minimum Gasteiger partial charge on any atom is -0.289 e. The summed E-state index contributed by atoms with van der Waals surface area (Å²) in [4.78, 5) is 12.2. The zero-order valence-electron chi connectivity index (χ0n) is 11.4. The number of hydrogen-bond acceptors (Lipinski definition) is 2. The molecule has 2 rings (SSSR count). The number of rotatable bonds is 3. The van der Waals surface area contributed by atoms with Gasteiger partial charge in [0.1, 0.15) is 5.82 Å². The third kappa shape index (κ3) is 2.88. The molecule has 3 nitrogen and oxygen atoms in total. The highest BCUT2D eigenvalue weighted by molar-refractivity contribution is 9.10. The van der Waals surface area contributed by atoms with Gasteiger partial charge < -0.3 is 0 Å². The van der Waals surface area contributed by atoms with Gasteiger partial charge in [-0.2, -0.15) is 5.10 Å². The summed E-state index contributed by atoms with van der Waals surface area (Å²) in [7, 11) is 1.81. The van der Waals surface area contributed by atoms with Crippen LogP contribution in [-0.2, 0) is 7.05 Å². The topological polar surface area (TPSA) is 34.9 Å². The zero-order valence-corrected chi connectivity index (χ0v) is 13.0. The zero-order chi connectivity index (χ0) is 14.9. The average Bonchev–Trinajstić information content (AvgIpc) is 2.64. The first-order valence-electron chi connectivity index (χ1n) is 6.08. The number of allylic oxidation sites excluding steroid dienone is 1. The number of aryl methyl sites for hydroxylation is 2. The molecule has 0 unspecified atom stereocenters. The second-order valence-corrected chi connectivity index (χ2v) is 5.39. The highest BCUT2D eigenvalue weighted by atomic mass is 79.9. The third-order valence-electron chi connectivity index (χ3n) is 3.13. The molecule has 0 atom stereocenters. The maximum Gasteiger partial charge on any atom is 0.189 e. The normalized spacial score (nSPS) is 11.2. The highest BCUT2D eigenvalue weighted by Gasteiger charge is 2.14. The molecule has 20 heavy (non-hydrogen) atoms. The Morgan fingerprint density at radius 3 is 2.65 bits per heavy atom. The van der Waals surface area contributed by atoms with Gasteiger partial charge in [0.25, 0.3) is 0 Å². The molecule has 0 amide bonds. The minimum atomic E-state index is -0.326. The molecule has 0 N–H and O–H groups in total. The lowest BCUT2D eigenvalue weighted by Gasteiger charge is -1.98. The summed E-state index contributed by atoms with van der Waals surface area (Å²) in [5, 5.41) is 4.22. The van der Waals surface area contributed by atoms with E-state index in [9.17, 15) is 9.18 Å². The van der Waals surface area contributed by atoms with E-state index >= 15 is 0 Å². The van der Waals surface area contributed by atoms with Crippen molar-refractivity contribution in [2.45, 2.75) is 13.8 Å². The first kappa shape index (κ1) is 14.7. The van der Waals surface area contributed by atoms with Crippen molar-refractivity contribution in [2.24, 2.45) is 7.05 Å². The van der Waals surface area contributed by atoms with Crippen molar-refractivity contribution in [1.82, 2.24) is 9.78 Å². The van der Waals surface area contributed by atoms with Gasteiger partial charge in [-0.15, -0.1) is 0 Å². The van der Waals surface area contributed by atoms with Gasteiger partial charge in [-0.3, -0.25) is 9.48 Å². The van der Waals surface area contributed by atoms with Gasteiger partial charge >= 0.3 is 0 Å². The van der Waals surface area contributed by atoms with Gasteiger partial charge in [0, 0.05) is 12.7 Å². The second-order valence-electron chi connectivity index (χ2n) is 4.54. The summed E-state index contributed by atoms with van der Waals surface area (Å²) < 4.78 is 15.2. The van der Waals surface area contributed by atoms with Gasteiger partial charge in [0.2, 0.25) is 0 Å². The Hall–Kier alpha value is -1.75. The van der Waals surface area contributed by atoms with E-state index in [1.807, 2.05) is 13.8 Å². The van der Waals surface area contributed by atoms with E-state index in [0.29, 0.717) is 15.7 Å². The largest absolute Gasteiger partial charge is 0.289 e. The predicted octanol–water partition coefficient (Wildman–Crippen LogP) is 3.83. The molecule has 0 aliphatic heterocycles. The van der Waals surface area contributed by atoms with E-state index in [0.717, 1.165) is 11.3 Å². The number of ketones is 1. The SMILES string of the molecule is Cc1nn(C)c(C)c1C(=O)C=Cc1ccc(F)c(Br)c1. The van der Waals surface area contributed by atoms with Crippen molar-refractivity contribution in [3.63, 3.8) is 0 Å². The van der Waals surface area contributed by atoms with Crippen LogP contribution in [0.4, 0.5) is 4.39 Å². The maximum absolute atomic E-state index is 13.1. The standard InChI is InChI=1S/C15H14BrFN2O/c1-9-15(10(2)19(3)18-9)14(20)7-5-11-4-6-13(17)12(16)8-11/h4-8H,1-3H3. The Morgan fingerprint density at radius 1 is 1.40 bits per heavy atom. The molecular formula is C15H14BrFN2O. The molecule has 104 valence electrons. The van der Waals surface area contributed by atoms with Crippen molar-refractivity contribution in [1.29, 1.82) is 0 Å². The Kier molecular flexibility index (Phi) is 4.18. The number of hydrogen-bond donors (Lipinski definition) is 0. The van der Waals surface area contributed by atoms with Gasteiger partial charge in [0.05, 0.1) is 15.7 Å². The van der Waals surface area contributed by atoms with Crippen molar-refractivity contribution < 1.29 is 9.18 Å². The summed E-state index contributed by atoms with van der Waals surface area (Å²) in [6.45, 7) is 3.66. The lowest BCUT2D eigenvalue weighted by molar-refractivity contribution is 0.104. The molecule has 0 saturated heterocycles. The molecule has 2 aromatic rings. The number of carbonyl (C=O) groups is 1. The molecule has 0 spiro atoms. The molecule has 1 aromatic carbocycles. The molecule has 0 radical (unpaired) electrons. The number of carbonyl (C=O) groups excluding carboxylic acids is 1. The molecule has 5 heteroatoms. The van der Waals surface area contributed by atoms with E-state index in [2.05, 4.69) is 21.0 Å². The van der Waals surface area contributed by atoms with Crippen molar-refractivity contribution in [3.8, 4) is 0 Å².